The van der Waals surface area contributed by atoms with E-state index < -0.39 is 0 Å². The molecule has 4 rings (SSSR count). The Bertz CT molecular complexity index is 965. The van der Waals surface area contributed by atoms with Crippen LogP contribution in [0.15, 0.2) is 24.5 Å². The molecule has 1 N–H and O–H groups in total. The van der Waals surface area contributed by atoms with Crippen LogP contribution in [0.1, 0.15) is 10.7 Å². The first-order valence-electron chi connectivity index (χ1n) is 6.54. The van der Waals surface area contributed by atoms with Crippen molar-refractivity contribution in [3.05, 3.63) is 35.2 Å². The molecule has 3 heterocycles. The standard InChI is InChI=1S/C14H13N5OS/c1-8-17-19-12(6-20)13(16-14(19)21-8)9-3-4-11-10(5-9)15-7-18(11)2/h3-5,7,20H,6H2,1-2H3. The van der Waals surface area contributed by atoms with E-state index in [1.54, 1.807) is 10.8 Å². The Morgan fingerprint density at radius 2 is 2.19 bits per heavy atom. The van der Waals surface area contributed by atoms with E-state index in [4.69, 9.17) is 0 Å². The normalized spacial score (nSPS) is 11.8. The van der Waals surface area contributed by atoms with Gasteiger partial charge in [-0.2, -0.15) is 5.10 Å². The highest BCUT2D eigenvalue weighted by Crippen LogP contribution is 2.28. The lowest BCUT2D eigenvalue weighted by atomic mass is 10.1. The second-order valence-corrected chi connectivity index (χ2v) is 6.10. The molecule has 1 aromatic carbocycles. The van der Waals surface area contributed by atoms with E-state index in [1.807, 2.05) is 36.7 Å². The predicted molar refractivity (Wildman–Crippen MR) is 81.2 cm³/mol. The van der Waals surface area contributed by atoms with Crippen LogP contribution in [0, 0.1) is 6.92 Å². The van der Waals surface area contributed by atoms with Crippen molar-refractivity contribution in [3.8, 4) is 11.3 Å². The molecular formula is C14H13N5OS. The van der Waals surface area contributed by atoms with Crippen molar-refractivity contribution < 1.29 is 5.11 Å². The molecule has 0 aliphatic heterocycles. The van der Waals surface area contributed by atoms with Crippen LogP contribution in [-0.4, -0.2) is 29.3 Å². The minimum atomic E-state index is -0.0973. The van der Waals surface area contributed by atoms with Crippen molar-refractivity contribution in [3.63, 3.8) is 0 Å². The second-order valence-electron chi connectivity index (χ2n) is 4.94. The van der Waals surface area contributed by atoms with E-state index >= 15 is 0 Å². The zero-order chi connectivity index (χ0) is 14.6. The lowest BCUT2D eigenvalue weighted by Crippen LogP contribution is -1.95. The molecule has 0 aliphatic carbocycles. The highest BCUT2D eigenvalue weighted by molar-refractivity contribution is 7.16. The first kappa shape index (κ1) is 12.5. The van der Waals surface area contributed by atoms with E-state index in [9.17, 15) is 5.11 Å². The lowest BCUT2D eigenvalue weighted by Gasteiger charge is -2.01. The smallest absolute Gasteiger partial charge is 0.213 e. The molecule has 4 aromatic rings. The lowest BCUT2D eigenvalue weighted by molar-refractivity contribution is 0.275. The van der Waals surface area contributed by atoms with Gasteiger partial charge in [-0.05, 0) is 19.1 Å². The number of aryl methyl sites for hydroxylation is 2. The van der Waals surface area contributed by atoms with Gasteiger partial charge in [0.25, 0.3) is 0 Å². The van der Waals surface area contributed by atoms with Gasteiger partial charge >= 0.3 is 0 Å². The Hall–Kier alpha value is -2.25. The van der Waals surface area contributed by atoms with Gasteiger partial charge in [0.15, 0.2) is 0 Å². The summed E-state index contributed by atoms with van der Waals surface area (Å²) < 4.78 is 3.70. The van der Waals surface area contributed by atoms with Gasteiger partial charge < -0.3 is 9.67 Å². The Morgan fingerprint density at radius 1 is 1.33 bits per heavy atom. The van der Waals surface area contributed by atoms with Crippen LogP contribution in [0.25, 0.3) is 27.3 Å². The summed E-state index contributed by atoms with van der Waals surface area (Å²) in [7, 11) is 1.97. The van der Waals surface area contributed by atoms with Gasteiger partial charge in [0.2, 0.25) is 4.96 Å². The van der Waals surface area contributed by atoms with Crippen LogP contribution in [-0.2, 0) is 13.7 Å². The SMILES string of the molecule is Cc1nn2c(CO)c(-c3ccc4c(c3)ncn4C)nc2s1. The number of fused-ring (bicyclic) bond motifs is 2. The molecule has 106 valence electrons. The molecule has 0 unspecified atom stereocenters. The summed E-state index contributed by atoms with van der Waals surface area (Å²) in [5, 5.41) is 15.0. The molecule has 0 atom stereocenters. The minimum absolute atomic E-state index is 0.0973. The fraction of sp³-hybridized carbons (Fsp3) is 0.214. The first-order chi connectivity index (χ1) is 10.2. The van der Waals surface area contributed by atoms with Crippen molar-refractivity contribution >= 4 is 27.3 Å². The molecule has 0 saturated heterocycles. The van der Waals surface area contributed by atoms with Crippen LogP contribution in [0.3, 0.4) is 0 Å². The largest absolute Gasteiger partial charge is 0.390 e. The van der Waals surface area contributed by atoms with E-state index in [1.165, 1.54) is 11.3 Å². The number of aromatic nitrogens is 5. The Labute approximate surface area is 124 Å². The van der Waals surface area contributed by atoms with Gasteiger partial charge in [0, 0.05) is 12.6 Å². The van der Waals surface area contributed by atoms with E-state index in [2.05, 4.69) is 15.1 Å². The number of hydrogen-bond acceptors (Lipinski definition) is 5. The van der Waals surface area contributed by atoms with Crippen LogP contribution in [0.4, 0.5) is 0 Å². The molecule has 3 aromatic heterocycles. The first-order valence-corrected chi connectivity index (χ1v) is 7.36. The number of aliphatic hydroxyl groups excluding tert-OH is 1. The third kappa shape index (κ3) is 1.78. The van der Waals surface area contributed by atoms with Crippen molar-refractivity contribution in [1.82, 2.24) is 24.1 Å². The molecule has 0 spiro atoms. The van der Waals surface area contributed by atoms with Crippen LogP contribution < -0.4 is 0 Å². The van der Waals surface area contributed by atoms with E-state index in [0.29, 0.717) is 5.69 Å². The minimum Gasteiger partial charge on any atom is -0.390 e. The fourth-order valence-corrected chi connectivity index (χ4v) is 3.30. The van der Waals surface area contributed by atoms with E-state index in [0.717, 1.165) is 32.3 Å². The number of rotatable bonds is 2. The third-order valence-electron chi connectivity index (χ3n) is 3.55. The molecule has 0 bridgehead atoms. The highest BCUT2D eigenvalue weighted by atomic mass is 32.1. The monoisotopic (exact) mass is 299 g/mol. The summed E-state index contributed by atoms with van der Waals surface area (Å²) in [6.07, 6.45) is 1.79. The zero-order valence-electron chi connectivity index (χ0n) is 11.6. The van der Waals surface area contributed by atoms with Gasteiger partial charge in [0.05, 0.1) is 35.4 Å². The molecule has 21 heavy (non-hydrogen) atoms. The van der Waals surface area contributed by atoms with Gasteiger partial charge in [-0.15, -0.1) is 0 Å². The second kappa shape index (κ2) is 4.37. The fourth-order valence-electron chi connectivity index (χ4n) is 2.54. The van der Waals surface area contributed by atoms with Crippen LogP contribution >= 0.6 is 11.3 Å². The summed E-state index contributed by atoms with van der Waals surface area (Å²) in [5.41, 5.74) is 4.41. The predicted octanol–water partition coefficient (Wildman–Crippen LogP) is 2.15. The summed E-state index contributed by atoms with van der Waals surface area (Å²) in [4.78, 5) is 9.78. The van der Waals surface area contributed by atoms with Crippen molar-refractivity contribution in [1.29, 1.82) is 0 Å². The van der Waals surface area contributed by atoms with Gasteiger partial charge in [0.1, 0.15) is 5.01 Å². The zero-order valence-corrected chi connectivity index (χ0v) is 12.4. The number of aliphatic hydroxyl groups is 1. The Balaban J connectivity index is 1.96. The van der Waals surface area contributed by atoms with E-state index in [-0.39, 0.29) is 6.61 Å². The van der Waals surface area contributed by atoms with Gasteiger partial charge in [-0.1, -0.05) is 17.4 Å². The van der Waals surface area contributed by atoms with Gasteiger partial charge in [-0.25, -0.2) is 14.5 Å². The maximum atomic E-state index is 9.68. The molecular weight excluding hydrogens is 286 g/mol. The highest BCUT2D eigenvalue weighted by Gasteiger charge is 2.17. The van der Waals surface area contributed by atoms with Crippen LogP contribution in [0.2, 0.25) is 0 Å². The van der Waals surface area contributed by atoms with Crippen LogP contribution in [0.5, 0.6) is 0 Å². The average Bonchev–Trinajstić information content (AvgIpc) is 3.11. The summed E-state index contributed by atoms with van der Waals surface area (Å²) in [6, 6.07) is 6.02. The Kier molecular flexibility index (Phi) is 2.60. The summed E-state index contributed by atoms with van der Waals surface area (Å²) in [6.45, 7) is 1.83. The van der Waals surface area contributed by atoms with Crippen molar-refractivity contribution in [2.75, 3.05) is 0 Å². The topological polar surface area (TPSA) is 68.2 Å². The molecule has 7 heteroatoms. The van der Waals surface area contributed by atoms with Crippen molar-refractivity contribution in [2.24, 2.45) is 7.05 Å². The molecule has 0 amide bonds. The third-order valence-corrected chi connectivity index (χ3v) is 4.37. The maximum Gasteiger partial charge on any atom is 0.213 e. The summed E-state index contributed by atoms with van der Waals surface area (Å²) in [5.74, 6) is 0. The molecule has 0 saturated carbocycles. The number of nitrogens with zero attached hydrogens (tertiary/aromatic N) is 5. The average molecular weight is 299 g/mol. The Morgan fingerprint density at radius 3 is 3.00 bits per heavy atom. The van der Waals surface area contributed by atoms with Crippen molar-refractivity contribution in [2.45, 2.75) is 13.5 Å². The molecule has 0 aliphatic rings. The van der Waals surface area contributed by atoms with Gasteiger partial charge in [-0.3, -0.25) is 0 Å². The summed E-state index contributed by atoms with van der Waals surface area (Å²) >= 11 is 1.51. The number of imidazole rings is 2. The number of benzene rings is 1. The maximum absolute atomic E-state index is 9.68. The molecule has 0 radical (unpaired) electrons. The molecule has 0 fully saturated rings. The number of hydrogen-bond donors (Lipinski definition) is 1. The quantitative estimate of drug-likeness (QED) is 0.616. The molecule has 6 nitrogen and oxygen atoms in total.